The van der Waals surface area contributed by atoms with Crippen LogP contribution >= 0.6 is 0 Å². The fourth-order valence-electron chi connectivity index (χ4n) is 3.01. The number of aromatic nitrogens is 1. The third-order valence-corrected chi connectivity index (χ3v) is 4.79. The Morgan fingerprint density at radius 1 is 1.00 bits per heavy atom. The van der Waals surface area contributed by atoms with Gasteiger partial charge in [-0.25, -0.2) is 4.98 Å². The minimum absolute atomic E-state index is 0.0608. The molecule has 0 radical (unpaired) electrons. The highest BCUT2D eigenvalue weighted by Crippen LogP contribution is 2.27. The Morgan fingerprint density at radius 2 is 1.76 bits per heavy atom. The predicted molar refractivity (Wildman–Crippen MR) is 114 cm³/mol. The van der Waals surface area contributed by atoms with Gasteiger partial charge in [0.25, 0.3) is 5.91 Å². The Kier molecular flexibility index (Phi) is 5.04. The molecule has 5 nitrogen and oxygen atoms in total. The summed E-state index contributed by atoms with van der Waals surface area (Å²) < 4.78 is 11.4. The molecular weight excluding hydrogens is 364 g/mol. The van der Waals surface area contributed by atoms with Crippen molar-refractivity contribution in [3.63, 3.8) is 0 Å². The molecule has 0 saturated heterocycles. The molecule has 4 aromatic rings. The van der Waals surface area contributed by atoms with Gasteiger partial charge in [0.05, 0.1) is 0 Å². The summed E-state index contributed by atoms with van der Waals surface area (Å²) in [5.41, 5.74) is 6.52. The van der Waals surface area contributed by atoms with E-state index < -0.39 is 0 Å². The van der Waals surface area contributed by atoms with E-state index in [1.54, 1.807) is 0 Å². The van der Waals surface area contributed by atoms with E-state index in [9.17, 15) is 4.79 Å². The van der Waals surface area contributed by atoms with E-state index in [1.807, 2.05) is 74.5 Å². The molecule has 0 bridgehead atoms. The molecule has 1 heterocycles. The van der Waals surface area contributed by atoms with Crippen molar-refractivity contribution >= 4 is 22.7 Å². The first-order valence-electron chi connectivity index (χ1n) is 9.45. The van der Waals surface area contributed by atoms with Crippen molar-refractivity contribution < 1.29 is 13.9 Å². The van der Waals surface area contributed by atoms with E-state index in [1.165, 1.54) is 5.56 Å². The zero-order chi connectivity index (χ0) is 20.4. The van der Waals surface area contributed by atoms with Crippen LogP contribution in [-0.4, -0.2) is 17.5 Å². The summed E-state index contributed by atoms with van der Waals surface area (Å²) >= 11 is 0. The second kappa shape index (κ2) is 7.80. The van der Waals surface area contributed by atoms with Crippen LogP contribution in [0.4, 0.5) is 5.69 Å². The molecule has 0 aliphatic rings. The highest BCUT2D eigenvalue weighted by atomic mass is 16.5. The van der Waals surface area contributed by atoms with Crippen molar-refractivity contribution in [2.75, 3.05) is 11.9 Å². The van der Waals surface area contributed by atoms with Gasteiger partial charge in [-0.3, -0.25) is 4.79 Å². The number of oxazole rings is 1. The van der Waals surface area contributed by atoms with Crippen molar-refractivity contribution in [2.24, 2.45) is 0 Å². The van der Waals surface area contributed by atoms with Gasteiger partial charge in [-0.15, -0.1) is 0 Å². The van der Waals surface area contributed by atoms with Crippen molar-refractivity contribution in [2.45, 2.75) is 20.8 Å². The largest absolute Gasteiger partial charge is 0.484 e. The number of nitrogens with zero attached hydrogens (tertiary/aromatic N) is 1. The van der Waals surface area contributed by atoms with Crippen LogP contribution in [0.5, 0.6) is 5.75 Å². The highest BCUT2D eigenvalue weighted by molar-refractivity contribution is 5.92. The monoisotopic (exact) mass is 386 g/mol. The number of carbonyl (C=O) groups excluding carboxylic acids is 1. The summed E-state index contributed by atoms with van der Waals surface area (Å²) in [5.74, 6) is 0.958. The van der Waals surface area contributed by atoms with Gasteiger partial charge in [0.15, 0.2) is 12.2 Å². The number of aryl methyl sites for hydroxylation is 3. The SMILES string of the molecule is Cc1ccc(OCC(=O)Nc2cccc(-c3nc4cc(C)c(C)cc4o3)c2)cc1. The van der Waals surface area contributed by atoms with Gasteiger partial charge >= 0.3 is 0 Å². The van der Waals surface area contributed by atoms with E-state index in [2.05, 4.69) is 17.2 Å². The van der Waals surface area contributed by atoms with E-state index in [4.69, 9.17) is 9.15 Å². The number of fused-ring (bicyclic) bond motifs is 1. The van der Waals surface area contributed by atoms with E-state index in [0.29, 0.717) is 17.3 Å². The molecule has 0 saturated carbocycles. The Bertz CT molecular complexity index is 1140. The molecule has 4 rings (SSSR count). The van der Waals surface area contributed by atoms with E-state index in [0.717, 1.165) is 27.8 Å². The normalized spacial score (nSPS) is 10.9. The lowest BCUT2D eigenvalue weighted by atomic mass is 10.1. The van der Waals surface area contributed by atoms with Crippen LogP contribution in [0.3, 0.4) is 0 Å². The minimum atomic E-state index is -0.230. The molecule has 5 heteroatoms. The molecule has 146 valence electrons. The zero-order valence-electron chi connectivity index (χ0n) is 16.7. The summed E-state index contributed by atoms with van der Waals surface area (Å²) in [7, 11) is 0. The van der Waals surface area contributed by atoms with Gasteiger partial charge in [-0.05, 0) is 74.4 Å². The Hall–Kier alpha value is -3.60. The molecule has 3 aromatic carbocycles. The molecule has 29 heavy (non-hydrogen) atoms. The zero-order valence-corrected chi connectivity index (χ0v) is 16.7. The molecule has 1 aromatic heterocycles. The smallest absolute Gasteiger partial charge is 0.262 e. The van der Waals surface area contributed by atoms with Crippen LogP contribution in [0.15, 0.2) is 65.1 Å². The molecule has 0 spiro atoms. The first-order valence-corrected chi connectivity index (χ1v) is 9.45. The number of hydrogen-bond acceptors (Lipinski definition) is 4. The molecule has 0 unspecified atom stereocenters. The summed E-state index contributed by atoms with van der Waals surface area (Å²) in [6.07, 6.45) is 0. The van der Waals surface area contributed by atoms with E-state index >= 15 is 0 Å². The lowest BCUT2D eigenvalue weighted by Crippen LogP contribution is -2.20. The average molecular weight is 386 g/mol. The molecule has 1 N–H and O–H groups in total. The van der Waals surface area contributed by atoms with E-state index in [-0.39, 0.29) is 12.5 Å². The van der Waals surface area contributed by atoms with Gasteiger partial charge in [0.1, 0.15) is 11.3 Å². The fourth-order valence-corrected chi connectivity index (χ4v) is 3.01. The van der Waals surface area contributed by atoms with Crippen molar-refractivity contribution in [3.8, 4) is 17.2 Å². The fraction of sp³-hybridized carbons (Fsp3) is 0.167. The van der Waals surface area contributed by atoms with Crippen molar-refractivity contribution in [3.05, 3.63) is 77.4 Å². The number of anilines is 1. The summed E-state index contributed by atoms with van der Waals surface area (Å²) in [6.45, 7) is 6.04. The lowest BCUT2D eigenvalue weighted by Gasteiger charge is -2.08. The number of carbonyl (C=O) groups is 1. The maximum Gasteiger partial charge on any atom is 0.262 e. The topological polar surface area (TPSA) is 64.4 Å². The van der Waals surface area contributed by atoms with Gasteiger partial charge in [-0.1, -0.05) is 23.8 Å². The first-order chi connectivity index (χ1) is 14.0. The number of ether oxygens (including phenoxy) is 1. The third-order valence-electron chi connectivity index (χ3n) is 4.79. The highest BCUT2D eigenvalue weighted by Gasteiger charge is 2.11. The maximum absolute atomic E-state index is 12.2. The molecule has 0 fully saturated rings. The molecule has 0 atom stereocenters. The summed E-state index contributed by atoms with van der Waals surface area (Å²) in [6, 6.07) is 19.0. The molecule has 1 amide bonds. The van der Waals surface area contributed by atoms with Crippen LogP contribution in [0.2, 0.25) is 0 Å². The predicted octanol–water partition coefficient (Wildman–Crippen LogP) is 5.44. The first kappa shape index (κ1) is 18.7. The Balaban J connectivity index is 1.47. The average Bonchev–Trinajstić information content (AvgIpc) is 3.11. The summed E-state index contributed by atoms with van der Waals surface area (Å²) in [5, 5.41) is 2.85. The number of rotatable bonds is 5. The number of benzene rings is 3. The second-order valence-corrected chi connectivity index (χ2v) is 7.15. The van der Waals surface area contributed by atoms with Crippen LogP contribution in [0, 0.1) is 20.8 Å². The quantitative estimate of drug-likeness (QED) is 0.496. The van der Waals surface area contributed by atoms with Gasteiger partial charge in [0.2, 0.25) is 5.89 Å². The summed E-state index contributed by atoms with van der Waals surface area (Å²) in [4.78, 5) is 16.8. The molecule has 0 aliphatic carbocycles. The second-order valence-electron chi connectivity index (χ2n) is 7.15. The third kappa shape index (κ3) is 4.29. The maximum atomic E-state index is 12.2. The van der Waals surface area contributed by atoms with Crippen LogP contribution in [0.1, 0.15) is 16.7 Å². The van der Waals surface area contributed by atoms with Gasteiger partial charge in [-0.2, -0.15) is 0 Å². The molecular formula is C24H22N2O3. The van der Waals surface area contributed by atoms with Crippen LogP contribution in [-0.2, 0) is 4.79 Å². The van der Waals surface area contributed by atoms with Crippen molar-refractivity contribution in [1.29, 1.82) is 0 Å². The van der Waals surface area contributed by atoms with Crippen LogP contribution in [0.25, 0.3) is 22.6 Å². The number of nitrogens with one attached hydrogen (secondary N) is 1. The molecule has 0 aliphatic heterocycles. The van der Waals surface area contributed by atoms with Gasteiger partial charge < -0.3 is 14.5 Å². The lowest BCUT2D eigenvalue weighted by molar-refractivity contribution is -0.118. The Morgan fingerprint density at radius 3 is 2.55 bits per heavy atom. The Labute approximate surface area is 169 Å². The standard InChI is InChI=1S/C24H22N2O3/c1-15-7-9-20(10-8-15)28-14-23(27)25-19-6-4-5-18(13-19)24-26-21-11-16(2)17(3)12-22(21)29-24/h4-13H,14H2,1-3H3,(H,25,27). The number of amides is 1. The minimum Gasteiger partial charge on any atom is -0.484 e. The van der Waals surface area contributed by atoms with Gasteiger partial charge in [0, 0.05) is 11.3 Å². The number of hydrogen-bond donors (Lipinski definition) is 1. The van der Waals surface area contributed by atoms with Crippen LogP contribution < -0.4 is 10.1 Å². The van der Waals surface area contributed by atoms with Crippen molar-refractivity contribution in [1.82, 2.24) is 4.98 Å².